The third kappa shape index (κ3) is 2.03. The molecule has 1 aromatic carbocycles. The molecule has 0 radical (unpaired) electrons. The van der Waals surface area contributed by atoms with E-state index in [0.717, 1.165) is 5.57 Å². The van der Waals surface area contributed by atoms with Gasteiger partial charge in [0.05, 0.1) is 18.6 Å². The van der Waals surface area contributed by atoms with E-state index in [2.05, 4.69) is 0 Å². The Morgan fingerprint density at radius 3 is 2.79 bits per heavy atom. The quantitative estimate of drug-likeness (QED) is 0.573. The predicted molar refractivity (Wildman–Crippen MR) is 68.1 cm³/mol. The number of ether oxygens (including phenoxy) is 2. The van der Waals surface area contributed by atoms with Gasteiger partial charge in [0, 0.05) is 12.0 Å². The fourth-order valence-corrected chi connectivity index (χ4v) is 2.50. The maximum Gasteiger partial charge on any atom is 0.334 e. The van der Waals surface area contributed by atoms with E-state index >= 15 is 0 Å². The van der Waals surface area contributed by atoms with E-state index in [0.29, 0.717) is 29.9 Å². The summed E-state index contributed by atoms with van der Waals surface area (Å²) in [6.45, 7) is 2.26. The number of ketones is 1. The van der Waals surface area contributed by atoms with Gasteiger partial charge in [-0.25, -0.2) is 4.79 Å². The first kappa shape index (κ1) is 12.0. The van der Waals surface area contributed by atoms with E-state index in [4.69, 9.17) is 9.47 Å². The fourth-order valence-electron chi connectivity index (χ4n) is 2.50. The highest BCUT2D eigenvalue weighted by molar-refractivity contribution is 6.00. The van der Waals surface area contributed by atoms with E-state index < -0.39 is 0 Å². The Balaban J connectivity index is 1.93. The second-order valence-electron chi connectivity index (χ2n) is 4.78. The number of para-hydroxylation sites is 1. The Morgan fingerprint density at radius 2 is 2.05 bits per heavy atom. The Labute approximate surface area is 111 Å². The second-order valence-corrected chi connectivity index (χ2v) is 4.78. The zero-order chi connectivity index (χ0) is 13.4. The number of rotatable bonds is 1. The summed E-state index contributed by atoms with van der Waals surface area (Å²) >= 11 is 0. The molecular weight excluding hydrogens is 244 g/mol. The number of Topliss-reactive ketones (excluding diaryl/α,β-unsaturated/α-hetero) is 1. The predicted octanol–water partition coefficient (Wildman–Crippen LogP) is 2.28. The molecule has 1 fully saturated rings. The van der Waals surface area contributed by atoms with Gasteiger partial charge in [0.1, 0.15) is 11.9 Å². The molecule has 0 N–H and O–H groups in total. The van der Waals surface area contributed by atoms with Crippen LogP contribution >= 0.6 is 0 Å². The Hall–Kier alpha value is -2.10. The Bertz CT molecular complexity index is 586. The van der Waals surface area contributed by atoms with Crippen LogP contribution in [0.5, 0.6) is 5.75 Å². The molecule has 0 amide bonds. The van der Waals surface area contributed by atoms with Crippen molar-refractivity contribution in [3.05, 3.63) is 41.0 Å². The lowest BCUT2D eigenvalue weighted by atomic mass is 9.94. The molecule has 0 aliphatic carbocycles. The molecule has 19 heavy (non-hydrogen) atoms. The topological polar surface area (TPSA) is 52.6 Å². The van der Waals surface area contributed by atoms with Gasteiger partial charge in [0.25, 0.3) is 0 Å². The molecule has 2 heterocycles. The third-order valence-electron chi connectivity index (χ3n) is 3.62. The molecule has 1 aromatic rings. The maximum atomic E-state index is 12.1. The van der Waals surface area contributed by atoms with Crippen LogP contribution in [0.1, 0.15) is 30.1 Å². The molecule has 0 saturated carbocycles. The SMILES string of the molecule is C/C(=C1\CCOC1=O)[C@@H]1CC(=O)c2ccccc2O1. The number of carbonyl (C=O) groups excluding carboxylic acids is 2. The van der Waals surface area contributed by atoms with Crippen LogP contribution in [0.25, 0.3) is 0 Å². The summed E-state index contributed by atoms with van der Waals surface area (Å²) in [6.07, 6.45) is 0.517. The van der Waals surface area contributed by atoms with Gasteiger partial charge in [-0.15, -0.1) is 0 Å². The summed E-state index contributed by atoms with van der Waals surface area (Å²) in [6, 6.07) is 7.20. The second kappa shape index (κ2) is 4.53. The maximum absolute atomic E-state index is 12.1. The number of cyclic esters (lactones) is 1. The molecule has 0 bridgehead atoms. The van der Waals surface area contributed by atoms with Crippen LogP contribution in [0.2, 0.25) is 0 Å². The fraction of sp³-hybridized carbons (Fsp3) is 0.333. The zero-order valence-electron chi connectivity index (χ0n) is 10.6. The molecule has 0 aromatic heterocycles. The number of hydrogen-bond donors (Lipinski definition) is 0. The lowest BCUT2D eigenvalue weighted by Gasteiger charge is -2.26. The highest BCUT2D eigenvalue weighted by Crippen LogP contribution is 2.32. The van der Waals surface area contributed by atoms with E-state index in [9.17, 15) is 9.59 Å². The lowest BCUT2D eigenvalue weighted by molar-refractivity contribution is -0.135. The van der Waals surface area contributed by atoms with Crippen molar-refractivity contribution < 1.29 is 19.1 Å². The molecule has 2 aliphatic heterocycles. The first-order chi connectivity index (χ1) is 9.16. The van der Waals surface area contributed by atoms with Crippen molar-refractivity contribution in [2.24, 2.45) is 0 Å². The highest BCUT2D eigenvalue weighted by Gasteiger charge is 2.31. The monoisotopic (exact) mass is 258 g/mol. The summed E-state index contributed by atoms with van der Waals surface area (Å²) in [4.78, 5) is 23.6. The molecule has 4 nitrogen and oxygen atoms in total. The lowest BCUT2D eigenvalue weighted by Crippen LogP contribution is -2.29. The molecule has 0 unspecified atom stereocenters. The average molecular weight is 258 g/mol. The van der Waals surface area contributed by atoms with Crippen LogP contribution in [0.15, 0.2) is 35.4 Å². The van der Waals surface area contributed by atoms with Crippen molar-refractivity contribution in [1.29, 1.82) is 0 Å². The number of carbonyl (C=O) groups is 2. The molecule has 4 heteroatoms. The first-order valence-electron chi connectivity index (χ1n) is 6.32. The molecule has 3 rings (SSSR count). The van der Waals surface area contributed by atoms with Crippen molar-refractivity contribution in [3.8, 4) is 5.75 Å². The largest absolute Gasteiger partial charge is 0.485 e. The van der Waals surface area contributed by atoms with Crippen molar-refractivity contribution in [2.45, 2.75) is 25.9 Å². The Kier molecular flexibility index (Phi) is 2.85. The summed E-state index contributed by atoms with van der Waals surface area (Å²) < 4.78 is 10.8. The van der Waals surface area contributed by atoms with E-state index in [1.54, 1.807) is 12.1 Å². The Morgan fingerprint density at radius 1 is 1.26 bits per heavy atom. The van der Waals surface area contributed by atoms with Crippen LogP contribution in [-0.2, 0) is 9.53 Å². The normalized spacial score (nSPS) is 24.6. The minimum absolute atomic E-state index is 0.0539. The number of hydrogen-bond acceptors (Lipinski definition) is 4. The zero-order valence-corrected chi connectivity index (χ0v) is 10.6. The van der Waals surface area contributed by atoms with Gasteiger partial charge in [0.15, 0.2) is 5.78 Å². The third-order valence-corrected chi connectivity index (χ3v) is 3.62. The summed E-state index contributed by atoms with van der Waals surface area (Å²) in [7, 11) is 0. The van der Waals surface area contributed by atoms with Gasteiger partial charge in [-0.2, -0.15) is 0 Å². The summed E-state index contributed by atoms with van der Waals surface area (Å²) in [5.41, 5.74) is 2.08. The molecule has 98 valence electrons. The van der Waals surface area contributed by atoms with Crippen LogP contribution in [0.3, 0.4) is 0 Å². The van der Waals surface area contributed by atoms with E-state index in [1.165, 1.54) is 0 Å². The van der Waals surface area contributed by atoms with Crippen LogP contribution < -0.4 is 4.74 Å². The van der Waals surface area contributed by atoms with E-state index in [-0.39, 0.29) is 24.3 Å². The molecule has 0 spiro atoms. The van der Waals surface area contributed by atoms with Gasteiger partial charge in [-0.05, 0) is 24.6 Å². The van der Waals surface area contributed by atoms with E-state index in [1.807, 2.05) is 19.1 Å². The number of fused-ring (bicyclic) bond motifs is 1. The van der Waals surface area contributed by atoms with Crippen LogP contribution in [0, 0.1) is 0 Å². The van der Waals surface area contributed by atoms with Gasteiger partial charge in [-0.1, -0.05) is 12.1 Å². The van der Waals surface area contributed by atoms with Gasteiger partial charge in [-0.3, -0.25) is 4.79 Å². The highest BCUT2D eigenvalue weighted by atomic mass is 16.5. The smallest absolute Gasteiger partial charge is 0.334 e. The average Bonchev–Trinajstić information content (AvgIpc) is 2.84. The van der Waals surface area contributed by atoms with Gasteiger partial charge < -0.3 is 9.47 Å². The van der Waals surface area contributed by atoms with Crippen LogP contribution in [-0.4, -0.2) is 24.5 Å². The summed E-state index contributed by atoms with van der Waals surface area (Å²) in [5.74, 6) is 0.362. The van der Waals surface area contributed by atoms with Crippen molar-refractivity contribution in [1.82, 2.24) is 0 Å². The minimum atomic E-state index is -0.358. The minimum Gasteiger partial charge on any atom is -0.485 e. The molecule has 2 aliphatic rings. The standard InChI is InChI=1S/C15H14O4/c1-9(10-6-7-18-15(10)17)14-8-12(16)11-4-2-3-5-13(11)19-14/h2-5,14H,6-8H2,1H3/b10-9-/t14-/m0/s1. The van der Waals surface area contributed by atoms with Gasteiger partial charge >= 0.3 is 5.97 Å². The first-order valence-corrected chi connectivity index (χ1v) is 6.32. The number of benzene rings is 1. The molecular formula is C15H14O4. The van der Waals surface area contributed by atoms with Crippen molar-refractivity contribution in [2.75, 3.05) is 6.61 Å². The van der Waals surface area contributed by atoms with Crippen LogP contribution in [0.4, 0.5) is 0 Å². The molecule has 1 atom stereocenters. The van der Waals surface area contributed by atoms with Crippen molar-refractivity contribution >= 4 is 11.8 Å². The molecule has 1 saturated heterocycles. The van der Waals surface area contributed by atoms with Gasteiger partial charge in [0.2, 0.25) is 0 Å². The van der Waals surface area contributed by atoms with Crippen molar-refractivity contribution in [3.63, 3.8) is 0 Å². The summed E-state index contributed by atoms with van der Waals surface area (Å²) in [5, 5.41) is 0. The number of esters is 1.